The van der Waals surface area contributed by atoms with Crippen LogP contribution in [0.4, 0.5) is 8.78 Å². The summed E-state index contributed by atoms with van der Waals surface area (Å²) in [7, 11) is -3.22. The Hall–Kier alpha value is -0.190. The minimum absolute atomic E-state index is 0.494. The van der Waals surface area contributed by atoms with Crippen LogP contribution in [-0.2, 0) is 9.84 Å². The van der Waals surface area contributed by atoms with Gasteiger partial charge in [0, 0.05) is 19.1 Å². The van der Waals surface area contributed by atoms with Gasteiger partial charge in [0.2, 0.25) is 0 Å². The first-order valence-electron chi connectivity index (χ1n) is 2.88. The van der Waals surface area contributed by atoms with Gasteiger partial charge in [0.05, 0.1) is 5.25 Å². The molecule has 0 N–H and O–H groups in total. The third-order valence-corrected chi connectivity index (χ3v) is 3.20. The first kappa shape index (κ1) is 7.91. The van der Waals surface area contributed by atoms with Crippen molar-refractivity contribution in [1.82, 2.24) is 0 Å². The highest BCUT2D eigenvalue weighted by Gasteiger charge is 2.49. The molecule has 0 radical (unpaired) electrons. The van der Waals surface area contributed by atoms with E-state index in [2.05, 4.69) is 0 Å². The monoisotopic (exact) mass is 170 g/mol. The molecule has 1 saturated carbocycles. The summed E-state index contributed by atoms with van der Waals surface area (Å²) in [6, 6.07) is 0. The number of hydrogen-bond donors (Lipinski definition) is 0. The highest BCUT2D eigenvalue weighted by molar-refractivity contribution is 7.91. The van der Waals surface area contributed by atoms with E-state index in [1.807, 2.05) is 0 Å². The molecule has 1 aliphatic carbocycles. The predicted octanol–water partition coefficient (Wildman–Crippen LogP) is 0.829. The predicted molar refractivity (Wildman–Crippen MR) is 32.8 cm³/mol. The molecule has 0 saturated heterocycles. The Balaban J connectivity index is 2.57. The molecular weight excluding hydrogens is 162 g/mol. The fourth-order valence-electron chi connectivity index (χ4n) is 0.909. The molecule has 2 nitrogen and oxygen atoms in total. The van der Waals surface area contributed by atoms with Gasteiger partial charge in [-0.25, -0.2) is 17.2 Å². The van der Waals surface area contributed by atoms with Gasteiger partial charge in [-0.05, 0) is 0 Å². The Bertz CT molecular complexity index is 224. The maximum atomic E-state index is 12.1. The normalized spacial score (nSPS) is 25.9. The smallest absolute Gasteiger partial charge is 0.229 e. The van der Waals surface area contributed by atoms with Crippen molar-refractivity contribution in [2.75, 3.05) is 6.26 Å². The van der Waals surface area contributed by atoms with Crippen LogP contribution in [0.5, 0.6) is 0 Å². The summed E-state index contributed by atoms with van der Waals surface area (Å²) in [5.41, 5.74) is 0. The minimum atomic E-state index is -3.22. The van der Waals surface area contributed by atoms with Crippen LogP contribution in [0.1, 0.15) is 12.8 Å². The summed E-state index contributed by atoms with van der Waals surface area (Å²) >= 11 is 0. The van der Waals surface area contributed by atoms with Gasteiger partial charge in [-0.1, -0.05) is 0 Å². The zero-order chi connectivity index (χ0) is 7.99. The van der Waals surface area contributed by atoms with Gasteiger partial charge in [0.15, 0.2) is 9.84 Å². The molecule has 0 aromatic carbocycles. The van der Waals surface area contributed by atoms with E-state index >= 15 is 0 Å². The number of rotatable bonds is 1. The van der Waals surface area contributed by atoms with Gasteiger partial charge in [-0.2, -0.15) is 0 Å². The second-order valence-corrected chi connectivity index (χ2v) is 5.04. The third kappa shape index (κ3) is 1.45. The summed E-state index contributed by atoms with van der Waals surface area (Å²) < 4.78 is 45.2. The lowest BCUT2D eigenvalue weighted by Crippen LogP contribution is -2.44. The van der Waals surface area contributed by atoms with E-state index in [0.29, 0.717) is 0 Å². The summed E-state index contributed by atoms with van der Waals surface area (Å²) in [6.45, 7) is 0. The van der Waals surface area contributed by atoms with Crippen LogP contribution in [0.15, 0.2) is 0 Å². The van der Waals surface area contributed by atoms with Crippen LogP contribution in [0.3, 0.4) is 0 Å². The maximum Gasteiger partial charge on any atom is 0.250 e. The van der Waals surface area contributed by atoms with E-state index in [9.17, 15) is 17.2 Å². The molecule has 0 spiro atoms. The Kier molecular flexibility index (Phi) is 1.50. The quantitative estimate of drug-likeness (QED) is 0.584. The maximum absolute atomic E-state index is 12.1. The van der Waals surface area contributed by atoms with Crippen molar-refractivity contribution in [3.05, 3.63) is 0 Å². The van der Waals surface area contributed by atoms with Crippen LogP contribution < -0.4 is 0 Å². The van der Waals surface area contributed by atoms with Gasteiger partial charge in [-0.15, -0.1) is 0 Å². The molecule has 0 bridgehead atoms. The van der Waals surface area contributed by atoms with Gasteiger partial charge < -0.3 is 0 Å². The largest absolute Gasteiger partial charge is 0.250 e. The molecule has 5 heteroatoms. The number of sulfone groups is 1. The van der Waals surface area contributed by atoms with E-state index in [0.717, 1.165) is 6.26 Å². The van der Waals surface area contributed by atoms with E-state index < -0.39 is 33.9 Å². The van der Waals surface area contributed by atoms with E-state index in [-0.39, 0.29) is 0 Å². The van der Waals surface area contributed by atoms with Crippen LogP contribution in [0.25, 0.3) is 0 Å². The van der Waals surface area contributed by atoms with E-state index in [1.165, 1.54) is 0 Å². The molecule has 0 aromatic heterocycles. The first-order valence-corrected chi connectivity index (χ1v) is 4.83. The fourth-order valence-corrected chi connectivity index (χ4v) is 2.00. The van der Waals surface area contributed by atoms with E-state index in [1.54, 1.807) is 0 Å². The average molecular weight is 170 g/mol. The average Bonchev–Trinajstić information content (AvgIpc) is 1.56. The van der Waals surface area contributed by atoms with Crippen LogP contribution in [0.2, 0.25) is 0 Å². The Morgan fingerprint density at radius 3 is 1.90 bits per heavy atom. The molecule has 0 unspecified atom stereocenters. The highest BCUT2D eigenvalue weighted by Crippen LogP contribution is 2.40. The van der Waals surface area contributed by atoms with Crippen LogP contribution >= 0.6 is 0 Å². The lowest BCUT2D eigenvalue weighted by molar-refractivity contribution is -0.0684. The van der Waals surface area contributed by atoms with E-state index in [4.69, 9.17) is 0 Å². The molecule has 0 heterocycles. The molecular formula is C5H8F2O2S. The lowest BCUT2D eigenvalue weighted by atomic mass is 9.94. The van der Waals surface area contributed by atoms with Crippen LogP contribution in [-0.4, -0.2) is 25.8 Å². The molecule has 1 fully saturated rings. The third-order valence-electron chi connectivity index (χ3n) is 1.66. The van der Waals surface area contributed by atoms with Gasteiger partial charge >= 0.3 is 0 Å². The molecule has 1 rings (SSSR count). The molecule has 10 heavy (non-hydrogen) atoms. The number of halogens is 2. The summed E-state index contributed by atoms with van der Waals surface area (Å²) in [4.78, 5) is 0. The Labute approximate surface area is 58.1 Å². The molecule has 0 aliphatic heterocycles. The minimum Gasteiger partial charge on any atom is -0.229 e. The van der Waals surface area contributed by atoms with Crippen LogP contribution in [0, 0.1) is 0 Å². The molecule has 1 aliphatic rings. The zero-order valence-electron chi connectivity index (χ0n) is 5.47. The number of hydrogen-bond acceptors (Lipinski definition) is 2. The molecule has 0 atom stereocenters. The first-order chi connectivity index (χ1) is 4.31. The molecule has 0 aromatic rings. The standard InChI is InChI=1S/C5H8F2O2S/c1-10(8,9)4-2-5(6,7)3-4/h4H,2-3H2,1H3. The second-order valence-electron chi connectivity index (χ2n) is 2.72. The SMILES string of the molecule is CS(=O)(=O)C1CC(F)(F)C1. The van der Waals surface area contributed by atoms with Crippen molar-refractivity contribution < 1.29 is 17.2 Å². The number of alkyl halides is 2. The van der Waals surface area contributed by atoms with Crippen molar-refractivity contribution in [3.8, 4) is 0 Å². The van der Waals surface area contributed by atoms with Crippen molar-refractivity contribution in [1.29, 1.82) is 0 Å². The van der Waals surface area contributed by atoms with Gasteiger partial charge in [0.25, 0.3) is 5.92 Å². The fraction of sp³-hybridized carbons (Fsp3) is 1.00. The zero-order valence-corrected chi connectivity index (χ0v) is 6.29. The highest BCUT2D eigenvalue weighted by atomic mass is 32.2. The van der Waals surface area contributed by atoms with Crippen molar-refractivity contribution in [3.63, 3.8) is 0 Å². The Morgan fingerprint density at radius 1 is 1.40 bits per heavy atom. The molecule has 0 amide bonds. The topological polar surface area (TPSA) is 34.1 Å². The van der Waals surface area contributed by atoms with Gasteiger partial charge in [0.1, 0.15) is 0 Å². The summed E-state index contributed by atoms with van der Waals surface area (Å²) in [5, 5.41) is -0.803. The molecule has 60 valence electrons. The van der Waals surface area contributed by atoms with Crippen molar-refractivity contribution >= 4 is 9.84 Å². The summed E-state index contributed by atoms with van der Waals surface area (Å²) in [5.74, 6) is -2.73. The summed E-state index contributed by atoms with van der Waals surface area (Å²) in [6.07, 6.45) is 0.00454. The van der Waals surface area contributed by atoms with Crippen molar-refractivity contribution in [2.45, 2.75) is 24.0 Å². The Morgan fingerprint density at radius 2 is 1.80 bits per heavy atom. The lowest BCUT2D eigenvalue weighted by Gasteiger charge is -2.33. The van der Waals surface area contributed by atoms with Crippen molar-refractivity contribution in [2.24, 2.45) is 0 Å². The van der Waals surface area contributed by atoms with Gasteiger partial charge in [-0.3, -0.25) is 0 Å². The second kappa shape index (κ2) is 1.90.